The summed E-state index contributed by atoms with van der Waals surface area (Å²) in [6.07, 6.45) is 0. The van der Waals surface area contributed by atoms with Crippen molar-refractivity contribution in [3.05, 3.63) is 41.7 Å². The molecule has 0 saturated carbocycles. The first kappa shape index (κ1) is 20.3. The summed E-state index contributed by atoms with van der Waals surface area (Å²) < 4.78 is 0.508. The molecule has 12 heteroatoms. The maximum absolute atomic E-state index is 10.7. The lowest BCUT2D eigenvalue weighted by Gasteiger charge is -1.86. The monoisotopic (exact) mass is 443 g/mol. The van der Waals surface area contributed by atoms with Crippen LogP contribution in [0.4, 0.5) is 0 Å². The zero-order valence-electron chi connectivity index (χ0n) is 12.2. The minimum atomic E-state index is -0.728. The Kier molecular flexibility index (Phi) is 6.80. The second-order valence-electron chi connectivity index (χ2n) is 4.21. The number of thiophene rings is 2. The Bertz CT molecular complexity index is 912. The summed E-state index contributed by atoms with van der Waals surface area (Å²) in [5.41, 5.74) is 20.0. The van der Waals surface area contributed by atoms with E-state index in [2.05, 4.69) is 15.9 Å². The summed E-state index contributed by atoms with van der Waals surface area (Å²) in [6, 6.07) is 4.49. The molecule has 0 radical (unpaired) electrons. The highest BCUT2D eigenvalue weighted by Gasteiger charge is 2.16. The number of amides is 4. The Balaban J connectivity index is 0.000000251. The Morgan fingerprint density at radius 3 is 1.56 bits per heavy atom. The fourth-order valence-electron chi connectivity index (χ4n) is 1.44. The van der Waals surface area contributed by atoms with Gasteiger partial charge >= 0.3 is 0 Å². The van der Waals surface area contributed by atoms with Gasteiger partial charge in [-0.3, -0.25) is 19.2 Å². The fourth-order valence-corrected chi connectivity index (χ4v) is 3.82. The van der Waals surface area contributed by atoms with Gasteiger partial charge in [0.2, 0.25) is 0 Å². The van der Waals surface area contributed by atoms with E-state index in [1.54, 1.807) is 6.07 Å². The van der Waals surface area contributed by atoms with Crippen molar-refractivity contribution in [1.82, 2.24) is 0 Å². The number of primary amides is 4. The maximum atomic E-state index is 10.7. The van der Waals surface area contributed by atoms with E-state index in [1.165, 1.54) is 12.1 Å². The van der Waals surface area contributed by atoms with E-state index >= 15 is 0 Å². The normalized spacial score (nSPS) is 9.44. The summed E-state index contributed by atoms with van der Waals surface area (Å²) in [4.78, 5) is 43.6. The smallest absolute Gasteiger partial charge is 0.260 e. The van der Waals surface area contributed by atoms with Gasteiger partial charge in [-0.05, 0) is 28.1 Å². The summed E-state index contributed by atoms with van der Waals surface area (Å²) >= 11 is 4.90. The second-order valence-corrected chi connectivity index (χ2v) is 7.17. The van der Waals surface area contributed by atoms with E-state index in [9.17, 15) is 19.2 Å². The van der Waals surface area contributed by atoms with E-state index in [0.29, 0.717) is 14.2 Å². The Labute approximate surface area is 157 Å². The predicted molar refractivity (Wildman–Crippen MR) is 95.1 cm³/mol. The molecule has 0 aliphatic heterocycles. The predicted octanol–water partition coefficient (Wildman–Crippen LogP) is 0.526. The Hall–Kier alpha value is -2.75. The van der Waals surface area contributed by atoms with Gasteiger partial charge in [0.25, 0.3) is 23.6 Å². The van der Waals surface area contributed by atoms with Gasteiger partial charge < -0.3 is 22.9 Å². The largest absolute Gasteiger partial charge is 0.365 e. The minimum absolute atomic E-state index is 0.0660. The molecule has 0 fully saturated rings. The minimum Gasteiger partial charge on any atom is -0.365 e. The van der Waals surface area contributed by atoms with E-state index in [1.807, 2.05) is 0 Å². The van der Waals surface area contributed by atoms with Gasteiger partial charge in [0.15, 0.2) is 0 Å². The number of hydrogen-bond acceptors (Lipinski definition) is 7. The number of nitriles is 1. The molecule has 4 amide bonds. The van der Waals surface area contributed by atoms with E-state index in [-0.39, 0.29) is 15.3 Å². The van der Waals surface area contributed by atoms with Crippen LogP contribution in [0, 0.1) is 11.3 Å². The third-order valence-corrected chi connectivity index (χ3v) is 5.69. The molecule has 2 aromatic rings. The average Bonchev–Trinajstić information content (AvgIpc) is 3.11. The van der Waals surface area contributed by atoms with Crippen LogP contribution in [0.25, 0.3) is 0 Å². The molecule has 0 aromatic carbocycles. The van der Waals surface area contributed by atoms with Crippen molar-refractivity contribution < 1.29 is 19.2 Å². The van der Waals surface area contributed by atoms with Crippen LogP contribution >= 0.6 is 38.6 Å². The lowest BCUT2D eigenvalue weighted by Crippen LogP contribution is -2.10. The molecule has 2 rings (SSSR count). The van der Waals surface area contributed by atoms with Crippen LogP contribution in [0.3, 0.4) is 0 Å². The van der Waals surface area contributed by atoms with Crippen LogP contribution in [0.5, 0.6) is 0 Å². The molecular formula is C13H10BrN5O4S2. The van der Waals surface area contributed by atoms with Crippen molar-refractivity contribution in [2.45, 2.75) is 0 Å². The Morgan fingerprint density at radius 2 is 1.28 bits per heavy atom. The number of carbonyl (C=O) groups is 4. The van der Waals surface area contributed by atoms with Gasteiger partial charge in [-0.2, -0.15) is 5.26 Å². The van der Waals surface area contributed by atoms with Crippen LogP contribution in [0.2, 0.25) is 0 Å². The zero-order valence-corrected chi connectivity index (χ0v) is 15.5. The van der Waals surface area contributed by atoms with Crippen LogP contribution in [0.1, 0.15) is 44.3 Å². The van der Waals surface area contributed by atoms with Crippen molar-refractivity contribution in [2.75, 3.05) is 0 Å². The number of halogens is 1. The molecule has 25 heavy (non-hydrogen) atoms. The van der Waals surface area contributed by atoms with Crippen LogP contribution in [-0.4, -0.2) is 23.6 Å². The van der Waals surface area contributed by atoms with E-state index in [4.69, 9.17) is 28.2 Å². The standard InChI is InChI=1S/C7H5N3O2S.C6H5BrN2O2S/c8-2-3-1-4(6(9)11)13-5(3)7(10)12;7-2-1-3(5(8)10)12-4(2)6(9)11/h1H,(H2,9,11)(H2,10,12);1H,(H2,8,10)(H2,9,11). The summed E-state index contributed by atoms with van der Waals surface area (Å²) in [5, 5.41) is 8.56. The molecule has 8 N–H and O–H groups in total. The summed E-state index contributed by atoms with van der Waals surface area (Å²) in [5.74, 6) is -2.53. The summed E-state index contributed by atoms with van der Waals surface area (Å²) in [6.45, 7) is 0. The van der Waals surface area contributed by atoms with Crippen LogP contribution in [-0.2, 0) is 0 Å². The van der Waals surface area contributed by atoms with Gasteiger partial charge in [-0.15, -0.1) is 22.7 Å². The Morgan fingerprint density at radius 1 is 0.840 bits per heavy atom. The molecule has 9 nitrogen and oxygen atoms in total. The maximum Gasteiger partial charge on any atom is 0.260 e. The quantitative estimate of drug-likeness (QED) is 0.532. The fraction of sp³-hybridized carbons (Fsp3) is 0. The summed E-state index contributed by atoms with van der Waals surface area (Å²) in [7, 11) is 0. The number of hydrogen-bond donors (Lipinski definition) is 4. The molecule has 0 aliphatic carbocycles. The topological polar surface area (TPSA) is 196 Å². The van der Waals surface area contributed by atoms with Crippen molar-refractivity contribution in [1.29, 1.82) is 5.26 Å². The van der Waals surface area contributed by atoms with Gasteiger partial charge in [-0.25, -0.2) is 0 Å². The van der Waals surface area contributed by atoms with E-state index in [0.717, 1.165) is 22.7 Å². The van der Waals surface area contributed by atoms with Gasteiger partial charge in [0.1, 0.15) is 15.8 Å². The number of rotatable bonds is 4. The first-order valence-electron chi connectivity index (χ1n) is 6.10. The molecule has 0 aliphatic rings. The van der Waals surface area contributed by atoms with Gasteiger partial charge in [0, 0.05) is 4.47 Å². The van der Waals surface area contributed by atoms with Crippen molar-refractivity contribution >= 4 is 62.2 Å². The number of carbonyl (C=O) groups excluding carboxylic acids is 4. The highest BCUT2D eigenvalue weighted by molar-refractivity contribution is 9.10. The van der Waals surface area contributed by atoms with Gasteiger partial charge in [-0.1, -0.05) is 0 Å². The molecule has 0 bridgehead atoms. The molecule has 0 saturated heterocycles. The average molecular weight is 444 g/mol. The second kappa shape index (κ2) is 8.38. The number of nitrogens with two attached hydrogens (primary N) is 4. The first-order chi connectivity index (χ1) is 11.6. The molecule has 2 heterocycles. The van der Waals surface area contributed by atoms with Crippen LogP contribution in [0.15, 0.2) is 16.6 Å². The third kappa shape index (κ3) is 5.11. The molecule has 130 valence electrons. The lowest BCUT2D eigenvalue weighted by atomic mass is 10.2. The SMILES string of the molecule is N#Cc1cc(C(N)=O)sc1C(N)=O.NC(=O)c1cc(Br)c(C(N)=O)s1. The molecule has 2 aromatic heterocycles. The van der Waals surface area contributed by atoms with Crippen molar-refractivity contribution in [3.8, 4) is 6.07 Å². The van der Waals surface area contributed by atoms with Crippen molar-refractivity contribution in [3.63, 3.8) is 0 Å². The first-order valence-corrected chi connectivity index (χ1v) is 8.53. The third-order valence-electron chi connectivity index (χ3n) is 2.47. The zero-order chi connectivity index (χ0) is 19.3. The highest BCUT2D eigenvalue weighted by atomic mass is 79.9. The molecule has 0 unspecified atom stereocenters. The van der Waals surface area contributed by atoms with Crippen molar-refractivity contribution in [2.24, 2.45) is 22.9 Å². The van der Waals surface area contributed by atoms with Gasteiger partial charge in [0.05, 0.1) is 15.3 Å². The van der Waals surface area contributed by atoms with Crippen LogP contribution < -0.4 is 22.9 Å². The molecule has 0 atom stereocenters. The highest BCUT2D eigenvalue weighted by Crippen LogP contribution is 2.26. The number of nitrogens with zero attached hydrogens (tertiary/aromatic N) is 1. The lowest BCUT2D eigenvalue weighted by molar-refractivity contribution is 0.0994. The molecular weight excluding hydrogens is 434 g/mol. The van der Waals surface area contributed by atoms with E-state index < -0.39 is 23.6 Å². The molecule has 0 spiro atoms.